The molecule has 5 nitrogen and oxygen atoms in total. The van der Waals surface area contributed by atoms with Gasteiger partial charge in [0, 0.05) is 23.2 Å². The fraction of sp³-hybridized carbons (Fsp3) is 0. The van der Waals surface area contributed by atoms with Crippen LogP contribution in [-0.4, -0.2) is 19.9 Å². The Labute approximate surface area is 213 Å². The SMILES string of the molecule is c1cc(-c2ccc(Oc3cnc4ccccc4n3)cc2)cc(-c2cc3cccnc3c3ncccc23)c1. The molecule has 0 bridgehead atoms. The normalized spacial score (nSPS) is 11.2. The molecular weight excluding hydrogens is 456 g/mol. The van der Waals surface area contributed by atoms with Crippen LogP contribution in [0.5, 0.6) is 11.6 Å². The van der Waals surface area contributed by atoms with Crippen LogP contribution in [0.15, 0.2) is 122 Å². The van der Waals surface area contributed by atoms with Gasteiger partial charge in [-0.25, -0.2) is 9.97 Å². The van der Waals surface area contributed by atoms with E-state index in [1.54, 1.807) is 6.20 Å². The minimum atomic E-state index is 0.472. The summed E-state index contributed by atoms with van der Waals surface area (Å²) in [5.41, 5.74) is 7.98. The van der Waals surface area contributed by atoms with Gasteiger partial charge in [0.05, 0.1) is 28.3 Å². The molecule has 0 saturated carbocycles. The summed E-state index contributed by atoms with van der Waals surface area (Å²) < 4.78 is 5.97. The predicted molar refractivity (Wildman–Crippen MR) is 148 cm³/mol. The molecule has 174 valence electrons. The summed E-state index contributed by atoms with van der Waals surface area (Å²) in [6, 6.07) is 34.7. The van der Waals surface area contributed by atoms with E-state index in [-0.39, 0.29) is 0 Å². The Morgan fingerprint density at radius 3 is 2.22 bits per heavy atom. The Balaban J connectivity index is 1.22. The number of hydrogen-bond donors (Lipinski definition) is 0. The van der Waals surface area contributed by atoms with Crippen LogP contribution in [0.1, 0.15) is 0 Å². The maximum absolute atomic E-state index is 5.97. The maximum Gasteiger partial charge on any atom is 0.238 e. The third-order valence-electron chi connectivity index (χ3n) is 6.47. The molecule has 37 heavy (non-hydrogen) atoms. The van der Waals surface area contributed by atoms with Gasteiger partial charge in [-0.1, -0.05) is 54.6 Å². The van der Waals surface area contributed by atoms with Crippen molar-refractivity contribution < 1.29 is 4.74 Å². The second-order valence-electron chi connectivity index (χ2n) is 8.80. The third kappa shape index (κ3) is 3.93. The molecule has 0 aliphatic heterocycles. The number of fused-ring (bicyclic) bond motifs is 4. The monoisotopic (exact) mass is 476 g/mol. The summed E-state index contributed by atoms with van der Waals surface area (Å²) >= 11 is 0. The van der Waals surface area contributed by atoms with E-state index in [0.29, 0.717) is 11.6 Å². The lowest BCUT2D eigenvalue weighted by Gasteiger charge is -2.11. The van der Waals surface area contributed by atoms with Crippen LogP contribution in [0.25, 0.3) is 55.1 Å². The van der Waals surface area contributed by atoms with Crippen molar-refractivity contribution in [2.75, 3.05) is 0 Å². The molecule has 0 aliphatic rings. The Morgan fingerprint density at radius 2 is 1.32 bits per heavy atom. The topological polar surface area (TPSA) is 60.8 Å². The number of rotatable bonds is 4. The molecule has 5 heteroatoms. The summed E-state index contributed by atoms with van der Waals surface area (Å²) in [4.78, 5) is 18.2. The van der Waals surface area contributed by atoms with Gasteiger partial charge in [0.2, 0.25) is 5.88 Å². The van der Waals surface area contributed by atoms with E-state index in [4.69, 9.17) is 4.74 Å². The highest BCUT2D eigenvalue weighted by molar-refractivity contribution is 6.10. The van der Waals surface area contributed by atoms with Gasteiger partial charge >= 0.3 is 0 Å². The summed E-state index contributed by atoms with van der Waals surface area (Å²) in [6.45, 7) is 0. The Kier molecular flexibility index (Phi) is 5.03. The third-order valence-corrected chi connectivity index (χ3v) is 6.47. The van der Waals surface area contributed by atoms with Crippen LogP contribution in [0, 0.1) is 0 Å². The number of para-hydroxylation sites is 2. The van der Waals surface area contributed by atoms with Gasteiger partial charge in [-0.15, -0.1) is 0 Å². The van der Waals surface area contributed by atoms with Crippen molar-refractivity contribution in [1.29, 1.82) is 0 Å². The number of nitrogens with zero attached hydrogens (tertiary/aromatic N) is 4. The van der Waals surface area contributed by atoms with Crippen LogP contribution in [-0.2, 0) is 0 Å². The summed E-state index contributed by atoms with van der Waals surface area (Å²) in [5, 5.41) is 2.17. The number of pyridine rings is 2. The van der Waals surface area contributed by atoms with Crippen molar-refractivity contribution in [3.8, 4) is 33.9 Å². The molecule has 0 atom stereocenters. The molecular formula is C32H20N4O. The minimum absolute atomic E-state index is 0.472. The first-order valence-corrected chi connectivity index (χ1v) is 12.0. The lowest BCUT2D eigenvalue weighted by atomic mass is 9.95. The molecule has 0 aliphatic carbocycles. The second-order valence-corrected chi connectivity index (χ2v) is 8.80. The molecule has 0 spiro atoms. The van der Waals surface area contributed by atoms with Crippen molar-refractivity contribution in [3.63, 3.8) is 0 Å². The Bertz CT molecular complexity index is 1920. The van der Waals surface area contributed by atoms with E-state index in [0.717, 1.165) is 55.1 Å². The van der Waals surface area contributed by atoms with Crippen molar-refractivity contribution in [1.82, 2.24) is 19.9 Å². The summed E-state index contributed by atoms with van der Waals surface area (Å²) in [7, 11) is 0. The number of benzene rings is 4. The highest BCUT2D eigenvalue weighted by atomic mass is 16.5. The van der Waals surface area contributed by atoms with E-state index >= 15 is 0 Å². The van der Waals surface area contributed by atoms with E-state index in [1.807, 2.05) is 60.9 Å². The van der Waals surface area contributed by atoms with Crippen molar-refractivity contribution in [3.05, 3.63) is 122 Å². The van der Waals surface area contributed by atoms with Crippen molar-refractivity contribution in [2.24, 2.45) is 0 Å². The standard InChI is InChI=1S/C32H20N4O/c1-2-11-29-28(10-1)35-20-30(36-29)37-25-14-12-21(13-15-25)22-6-3-7-23(18-22)27-19-24-8-4-16-33-31(24)32-26(27)9-5-17-34-32/h1-20H. The first-order chi connectivity index (χ1) is 18.3. The van der Waals surface area contributed by atoms with Crippen molar-refractivity contribution in [2.45, 2.75) is 0 Å². The predicted octanol–water partition coefficient (Wildman–Crippen LogP) is 7.85. The quantitative estimate of drug-likeness (QED) is 0.242. The molecule has 3 aromatic heterocycles. The molecule has 7 rings (SSSR count). The van der Waals surface area contributed by atoms with Gasteiger partial charge in [-0.05, 0) is 70.8 Å². The Hall–Kier alpha value is -5.16. The van der Waals surface area contributed by atoms with E-state index in [2.05, 4.69) is 74.5 Å². The zero-order valence-electron chi connectivity index (χ0n) is 19.7. The molecule has 4 aromatic carbocycles. The number of ether oxygens (including phenoxy) is 1. The zero-order valence-corrected chi connectivity index (χ0v) is 19.7. The average Bonchev–Trinajstić information content (AvgIpc) is 2.97. The first-order valence-electron chi connectivity index (χ1n) is 12.0. The highest BCUT2D eigenvalue weighted by Gasteiger charge is 2.11. The largest absolute Gasteiger partial charge is 0.437 e. The smallest absolute Gasteiger partial charge is 0.238 e. The molecule has 0 amide bonds. The van der Waals surface area contributed by atoms with Gasteiger partial charge in [0.1, 0.15) is 5.75 Å². The minimum Gasteiger partial charge on any atom is -0.437 e. The lowest BCUT2D eigenvalue weighted by Crippen LogP contribution is -1.91. The average molecular weight is 477 g/mol. The van der Waals surface area contributed by atoms with Crippen LogP contribution < -0.4 is 4.74 Å². The molecule has 3 heterocycles. The fourth-order valence-electron chi connectivity index (χ4n) is 4.71. The van der Waals surface area contributed by atoms with Crippen molar-refractivity contribution >= 4 is 32.8 Å². The van der Waals surface area contributed by atoms with E-state index in [9.17, 15) is 0 Å². The molecule has 0 N–H and O–H groups in total. The molecule has 7 aromatic rings. The van der Waals surface area contributed by atoms with E-state index in [1.165, 1.54) is 0 Å². The zero-order chi connectivity index (χ0) is 24.6. The van der Waals surface area contributed by atoms with E-state index < -0.39 is 0 Å². The number of hydrogen-bond acceptors (Lipinski definition) is 5. The number of aromatic nitrogens is 4. The lowest BCUT2D eigenvalue weighted by molar-refractivity contribution is 0.463. The van der Waals surface area contributed by atoms with Gasteiger partial charge in [0.15, 0.2) is 0 Å². The highest BCUT2D eigenvalue weighted by Crippen LogP contribution is 2.35. The summed E-state index contributed by atoms with van der Waals surface area (Å²) in [6.07, 6.45) is 5.29. The van der Waals surface area contributed by atoms with Gasteiger partial charge in [0.25, 0.3) is 0 Å². The first kappa shape index (κ1) is 21.1. The Morgan fingerprint density at radius 1 is 0.541 bits per heavy atom. The molecule has 0 unspecified atom stereocenters. The van der Waals surface area contributed by atoms with Gasteiger partial charge < -0.3 is 4.74 Å². The fourth-order valence-corrected chi connectivity index (χ4v) is 4.71. The van der Waals surface area contributed by atoms with Crippen LogP contribution in [0.3, 0.4) is 0 Å². The molecule has 0 saturated heterocycles. The molecule has 0 fully saturated rings. The van der Waals surface area contributed by atoms with Crippen LogP contribution in [0.2, 0.25) is 0 Å². The van der Waals surface area contributed by atoms with Gasteiger partial charge in [-0.2, -0.15) is 0 Å². The second kappa shape index (κ2) is 8.81. The summed E-state index contributed by atoms with van der Waals surface area (Å²) in [5.74, 6) is 1.18. The van der Waals surface area contributed by atoms with Crippen LogP contribution >= 0.6 is 0 Å². The van der Waals surface area contributed by atoms with Gasteiger partial charge in [-0.3, -0.25) is 9.97 Å². The van der Waals surface area contributed by atoms with Crippen LogP contribution in [0.4, 0.5) is 0 Å². The maximum atomic E-state index is 5.97. The molecule has 0 radical (unpaired) electrons.